The molecule has 2 heteroatoms. The van der Waals surface area contributed by atoms with Crippen molar-refractivity contribution in [1.82, 2.24) is 0 Å². The zero-order valence-corrected chi connectivity index (χ0v) is 12.2. The van der Waals surface area contributed by atoms with Crippen molar-refractivity contribution in [2.75, 3.05) is 0 Å². The predicted octanol–water partition coefficient (Wildman–Crippen LogP) is 4.56. The second kappa shape index (κ2) is 7.25. The van der Waals surface area contributed by atoms with Crippen molar-refractivity contribution in [2.24, 2.45) is 0 Å². The molecule has 2 aromatic rings. The smallest absolute Gasteiger partial charge is 0.339 e. The molecular weight excluding hydrogens is 260 g/mol. The van der Waals surface area contributed by atoms with Crippen LogP contribution >= 0.6 is 0 Å². The summed E-state index contributed by atoms with van der Waals surface area (Å²) in [6.07, 6.45) is 5.55. The average Bonchev–Trinajstić information content (AvgIpc) is 2.50. The Balaban J connectivity index is 1.97. The first kappa shape index (κ1) is 14.8. The van der Waals surface area contributed by atoms with Crippen LogP contribution in [0, 0.1) is 6.92 Å². The fourth-order valence-corrected chi connectivity index (χ4v) is 1.73. The summed E-state index contributed by atoms with van der Waals surface area (Å²) in [5.74, 6) is 0.224. The number of benzene rings is 2. The lowest BCUT2D eigenvalue weighted by molar-refractivity contribution is -0.130. The summed E-state index contributed by atoms with van der Waals surface area (Å²) in [4.78, 5) is 11.9. The molecule has 0 heterocycles. The van der Waals surface area contributed by atoms with Crippen molar-refractivity contribution >= 4 is 12.0 Å². The van der Waals surface area contributed by atoms with Gasteiger partial charge in [0.2, 0.25) is 0 Å². The van der Waals surface area contributed by atoms with Crippen LogP contribution < -0.4 is 4.74 Å². The molecule has 0 radical (unpaired) electrons. The van der Waals surface area contributed by atoms with Crippen molar-refractivity contribution in [1.29, 1.82) is 0 Å². The van der Waals surface area contributed by atoms with Crippen molar-refractivity contribution < 1.29 is 9.53 Å². The van der Waals surface area contributed by atoms with Crippen LogP contribution in [0.25, 0.3) is 6.08 Å². The van der Waals surface area contributed by atoms with Gasteiger partial charge in [-0.05, 0) is 31.5 Å². The highest BCUT2D eigenvalue weighted by molar-refractivity contribution is 5.90. The second-order valence-electron chi connectivity index (χ2n) is 4.82. The maximum Gasteiger partial charge on any atom is 0.339 e. The molecule has 21 heavy (non-hydrogen) atoms. The van der Waals surface area contributed by atoms with Crippen LogP contribution in [0.1, 0.15) is 18.1 Å². The second-order valence-corrected chi connectivity index (χ2v) is 4.82. The van der Waals surface area contributed by atoms with Crippen LogP contribution in [0.5, 0.6) is 5.75 Å². The summed E-state index contributed by atoms with van der Waals surface area (Å²) in [6.45, 7) is 3.73. The van der Waals surface area contributed by atoms with E-state index in [1.54, 1.807) is 25.1 Å². The number of ether oxygens (including phenoxy) is 1. The van der Waals surface area contributed by atoms with Crippen LogP contribution in [0.4, 0.5) is 0 Å². The summed E-state index contributed by atoms with van der Waals surface area (Å²) in [5.41, 5.74) is 2.78. The van der Waals surface area contributed by atoms with Gasteiger partial charge < -0.3 is 4.74 Å². The summed E-state index contributed by atoms with van der Waals surface area (Å²) in [5, 5.41) is 0. The molecule has 0 N–H and O–H groups in total. The van der Waals surface area contributed by atoms with Crippen molar-refractivity contribution in [3.05, 3.63) is 83.4 Å². The van der Waals surface area contributed by atoms with Crippen LogP contribution in [0.2, 0.25) is 0 Å². The maximum absolute atomic E-state index is 11.9. The van der Waals surface area contributed by atoms with E-state index in [-0.39, 0.29) is 5.97 Å². The zero-order valence-electron chi connectivity index (χ0n) is 12.2. The number of esters is 1. The minimum atomic E-state index is -0.337. The van der Waals surface area contributed by atoms with Gasteiger partial charge in [-0.2, -0.15) is 0 Å². The Morgan fingerprint density at radius 3 is 2.33 bits per heavy atom. The van der Waals surface area contributed by atoms with Gasteiger partial charge in [0.1, 0.15) is 5.75 Å². The largest absolute Gasteiger partial charge is 0.423 e. The van der Waals surface area contributed by atoms with Crippen LogP contribution in [0.3, 0.4) is 0 Å². The third kappa shape index (κ3) is 4.77. The number of carbonyl (C=O) groups excluding carboxylic acids is 1. The predicted molar refractivity (Wildman–Crippen MR) is 86.0 cm³/mol. The Bertz CT molecular complexity index is 650. The molecular formula is C19H18O2. The Morgan fingerprint density at radius 2 is 1.67 bits per heavy atom. The number of allylic oxidation sites excluding steroid dienone is 2. The minimum Gasteiger partial charge on any atom is -0.423 e. The zero-order chi connectivity index (χ0) is 15.1. The first-order valence-corrected chi connectivity index (χ1v) is 6.84. The van der Waals surface area contributed by atoms with Gasteiger partial charge in [-0.15, -0.1) is 0 Å². The lowest BCUT2D eigenvalue weighted by Gasteiger charge is -2.04. The van der Waals surface area contributed by atoms with Crippen LogP contribution in [-0.4, -0.2) is 5.97 Å². The van der Waals surface area contributed by atoms with E-state index >= 15 is 0 Å². The number of rotatable bonds is 4. The van der Waals surface area contributed by atoms with Crippen molar-refractivity contribution in [3.63, 3.8) is 0 Å². The summed E-state index contributed by atoms with van der Waals surface area (Å²) in [7, 11) is 0. The van der Waals surface area contributed by atoms with Crippen molar-refractivity contribution in [3.8, 4) is 5.75 Å². The third-order valence-electron chi connectivity index (χ3n) is 2.99. The molecule has 0 aliphatic heterocycles. The van der Waals surface area contributed by atoms with E-state index in [1.165, 1.54) is 0 Å². The standard InChI is InChI=1S/C19H18O2/c1-15-11-13-18(14-12-15)21-19(20)16(2)7-6-10-17-8-4-3-5-9-17/h3-14H,1-2H3. The van der Waals surface area contributed by atoms with E-state index in [0.29, 0.717) is 11.3 Å². The third-order valence-corrected chi connectivity index (χ3v) is 2.99. The normalized spacial score (nSPS) is 11.6. The topological polar surface area (TPSA) is 26.3 Å². The SMILES string of the molecule is CC(=CC=Cc1ccccc1)C(=O)Oc1ccc(C)cc1. The Kier molecular flexibility index (Phi) is 5.10. The molecule has 0 spiro atoms. The first-order valence-electron chi connectivity index (χ1n) is 6.84. The number of hydrogen-bond donors (Lipinski definition) is 0. The van der Waals surface area contributed by atoms with Gasteiger partial charge in [0.25, 0.3) is 0 Å². The highest BCUT2D eigenvalue weighted by Gasteiger charge is 2.06. The lowest BCUT2D eigenvalue weighted by Crippen LogP contribution is -2.08. The summed E-state index contributed by atoms with van der Waals surface area (Å²) < 4.78 is 5.29. The van der Waals surface area contributed by atoms with E-state index in [1.807, 2.05) is 61.5 Å². The molecule has 0 atom stereocenters. The molecule has 0 aromatic heterocycles. The number of hydrogen-bond acceptors (Lipinski definition) is 2. The fraction of sp³-hybridized carbons (Fsp3) is 0.105. The van der Waals surface area contributed by atoms with E-state index < -0.39 is 0 Å². The van der Waals surface area contributed by atoms with Gasteiger partial charge in [-0.1, -0.05) is 66.3 Å². The molecule has 0 saturated heterocycles. The number of carbonyl (C=O) groups is 1. The molecule has 2 nitrogen and oxygen atoms in total. The van der Waals surface area contributed by atoms with Gasteiger partial charge in [0.15, 0.2) is 0 Å². The molecule has 0 unspecified atom stereocenters. The van der Waals surface area contributed by atoms with Crippen molar-refractivity contribution in [2.45, 2.75) is 13.8 Å². The Labute approximate surface area is 125 Å². The molecule has 2 aromatic carbocycles. The molecule has 0 fully saturated rings. The highest BCUT2D eigenvalue weighted by atomic mass is 16.5. The molecule has 0 amide bonds. The monoisotopic (exact) mass is 278 g/mol. The van der Waals surface area contributed by atoms with E-state index in [0.717, 1.165) is 11.1 Å². The van der Waals surface area contributed by atoms with Gasteiger partial charge in [0, 0.05) is 5.57 Å². The minimum absolute atomic E-state index is 0.337. The van der Waals surface area contributed by atoms with Crippen LogP contribution in [-0.2, 0) is 4.79 Å². The summed E-state index contributed by atoms with van der Waals surface area (Å²) >= 11 is 0. The Hall–Kier alpha value is -2.61. The number of aryl methyl sites for hydroxylation is 1. The highest BCUT2D eigenvalue weighted by Crippen LogP contribution is 2.13. The molecule has 0 saturated carbocycles. The average molecular weight is 278 g/mol. The maximum atomic E-state index is 11.9. The molecule has 2 rings (SSSR count). The van der Waals surface area contributed by atoms with Gasteiger partial charge in [-0.25, -0.2) is 4.79 Å². The molecule has 0 aliphatic carbocycles. The van der Waals surface area contributed by atoms with E-state index in [9.17, 15) is 4.79 Å². The Morgan fingerprint density at radius 1 is 1.00 bits per heavy atom. The molecule has 0 bridgehead atoms. The first-order chi connectivity index (χ1) is 10.1. The molecule has 106 valence electrons. The summed E-state index contributed by atoms with van der Waals surface area (Å²) in [6, 6.07) is 17.3. The quantitative estimate of drug-likeness (QED) is 0.355. The van der Waals surface area contributed by atoms with E-state index in [4.69, 9.17) is 4.74 Å². The van der Waals surface area contributed by atoms with Crippen LogP contribution in [0.15, 0.2) is 72.3 Å². The van der Waals surface area contributed by atoms with Gasteiger partial charge >= 0.3 is 5.97 Å². The fourth-order valence-electron chi connectivity index (χ4n) is 1.73. The van der Waals surface area contributed by atoms with Gasteiger partial charge in [-0.3, -0.25) is 0 Å². The lowest BCUT2D eigenvalue weighted by atomic mass is 10.2. The molecule has 0 aliphatic rings. The van der Waals surface area contributed by atoms with E-state index in [2.05, 4.69) is 0 Å². The van der Waals surface area contributed by atoms with Gasteiger partial charge in [0.05, 0.1) is 0 Å².